The van der Waals surface area contributed by atoms with Gasteiger partial charge in [-0.15, -0.1) is 11.3 Å². The van der Waals surface area contributed by atoms with Crippen molar-refractivity contribution in [2.24, 2.45) is 0 Å². The normalized spacial score (nSPS) is 16.8. The van der Waals surface area contributed by atoms with Crippen LogP contribution in [0.25, 0.3) is 0 Å². The van der Waals surface area contributed by atoms with Crippen molar-refractivity contribution in [1.82, 2.24) is 10.2 Å². The molecule has 1 aliphatic heterocycles. The average Bonchev–Trinajstić information content (AvgIpc) is 3.31. The van der Waals surface area contributed by atoms with Crippen LogP contribution in [0.4, 0.5) is 5.00 Å². The molecule has 1 saturated heterocycles. The number of carbonyl (C=O) groups is 3. The number of hydrogen-bond acceptors (Lipinski definition) is 7. The van der Waals surface area contributed by atoms with E-state index in [4.69, 9.17) is 4.42 Å². The zero-order valence-electron chi connectivity index (χ0n) is 15.9. The van der Waals surface area contributed by atoms with E-state index in [-0.39, 0.29) is 36.3 Å². The Balaban J connectivity index is 1.61. The second kappa shape index (κ2) is 8.37. The maximum Gasteiger partial charge on any atom is 0.291 e. The quantitative estimate of drug-likeness (QED) is 0.723. The summed E-state index contributed by atoms with van der Waals surface area (Å²) in [4.78, 5) is 39.0. The van der Waals surface area contributed by atoms with Crippen LogP contribution < -0.4 is 10.6 Å². The van der Waals surface area contributed by atoms with Gasteiger partial charge in [-0.2, -0.15) is 0 Å². The molecule has 2 N–H and O–H groups in total. The van der Waals surface area contributed by atoms with Crippen molar-refractivity contribution in [3.8, 4) is 0 Å². The Labute approximate surface area is 172 Å². The van der Waals surface area contributed by atoms with Gasteiger partial charge >= 0.3 is 0 Å². The van der Waals surface area contributed by atoms with Gasteiger partial charge in [-0.3, -0.25) is 14.4 Å². The van der Waals surface area contributed by atoms with Gasteiger partial charge in [-0.05, 0) is 37.6 Å². The van der Waals surface area contributed by atoms with Crippen molar-refractivity contribution in [2.75, 3.05) is 29.9 Å². The van der Waals surface area contributed by atoms with Gasteiger partial charge in [0.1, 0.15) is 6.04 Å². The Bertz CT molecular complexity index is 1010. The molecule has 1 fully saturated rings. The number of rotatable bonds is 5. The van der Waals surface area contributed by atoms with Crippen LogP contribution in [0, 0.1) is 6.92 Å². The number of nitrogens with zero attached hydrogens (tertiary/aromatic N) is 1. The summed E-state index contributed by atoms with van der Waals surface area (Å²) in [5.41, 5.74) is 0.658. The summed E-state index contributed by atoms with van der Waals surface area (Å²) < 4.78 is 28.0. The van der Waals surface area contributed by atoms with Crippen LogP contribution in [-0.2, 0) is 14.6 Å². The molecule has 0 bridgehead atoms. The second-order valence-corrected chi connectivity index (χ2v) is 10.1. The molecule has 11 heteroatoms. The number of nitrogens with one attached hydrogen (secondary N) is 2. The van der Waals surface area contributed by atoms with Gasteiger partial charge in [0.2, 0.25) is 5.91 Å². The van der Waals surface area contributed by atoms with Crippen LogP contribution in [0.5, 0.6) is 0 Å². The maximum absolute atomic E-state index is 12.6. The minimum atomic E-state index is -3.09. The summed E-state index contributed by atoms with van der Waals surface area (Å²) in [5, 5.41) is 5.80. The van der Waals surface area contributed by atoms with Crippen LogP contribution >= 0.6 is 11.3 Å². The van der Waals surface area contributed by atoms with E-state index in [2.05, 4.69) is 10.6 Å². The van der Waals surface area contributed by atoms with Gasteiger partial charge in [-0.1, -0.05) is 0 Å². The minimum absolute atomic E-state index is 0.0673. The van der Waals surface area contributed by atoms with Gasteiger partial charge in [0.15, 0.2) is 15.6 Å². The third-order valence-electron chi connectivity index (χ3n) is 4.48. The molecular weight excluding hydrogens is 418 g/mol. The first kappa shape index (κ1) is 21.1. The third kappa shape index (κ3) is 5.04. The van der Waals surface area contributed by atoms with Crippen LogP contribution in [-0.4, -0.2) is 61.7 Å². The number of aryl methyl sites for hydroxylation is 1. The summed E-state index contributed by atoms with van der Waals surface area (Å²) >= 11 is 1.09. The lowest BCUT2D eigenvalue weighted by atomic mass is 10.2. The zero-order valence-corrected chi connectivity index (χ0v) is 17.6. The van der Waals surface area contributed by atoms with E-state index >= 15 is 0 Å². The van der Waals surface area contributed by atoms with Gasteiger partial charge in [0.25, 0.3) is 11.8 Å². The van der Waals surface area contributed by atoms with Crippen LogP contribution in [0.1, 0.15) is 32.7 Å². The maximum atomic E-state index is 12.6. The molecule has 0 aliphatic carbocycles. The lowest BCUT2D eigenvalue weighted by molar-refractivity contribution is -0.132. The monoisotopic (exact) mass is 439 g/mol. The Morgan fingerprint density at radius 1 is 1.21 bits per heavy atom. The highest BCUT2D eigenvalue weighted by Gasteiger charge is 2.29. The fourth-order valence-corrected chi connectivity index (χ4v) is 5.05. The number of anilines is 1. The summed E-state index contributed by atoms with van der Waals surface area (Å²) in [6, 6.07) is 4.00. The number of sulfone groups is 1. The molecule has 0 aromatic carbocycles. The molecule has 156 valence electrons. The van der Waals surface area contributed by atoms with Gasteiger partial charge in [0.05, 0.1) is 27.6 Å². The van der Waals surface area contributed by atoms with E-state index < -0.39 is 27.7 Å². The highest BCUT2D eigenvalue weighted by Crippen LogP contribution is 2.27. The SMILES string of the molecule is Cc1cc(NC(=O)c2ccco2)sc1C(=O)NC(C)C(=O)N1CCS(=O)(=O)CC1. The first-order chi connectivity index (χ1) is 13.7. The van der Waals surface area contributed by atoms with Gasteiger partial charge in [-0.25, -0.2) is 8.42 Å². The molecule has 3 rings (SSSR count). The molecule has 29 heavy (non-hydrogen) atoms. The van der Waals surface area contributed by atoms with Crippen molar-refractivity contribution in [3.05, 3.63) is 40.7 Å². The third-order valence-corrected chi connectivity index (χ3v) is 7.24. The summed E-state index contributed by atoms with van der Waals surface area (Å²) in [6.45, 7) is 3.55. The van der Waals surface area contributed by atoms with Crippen molar-refractivity contribution in [2.45, 2.75) is 19.9 Å². The Hall–Kier alpha value is -2.66. The van der Waals surface area contributed by atoms with Crippen LogP contribution in [0.15, 0.2) is 28.9 Å². The average molecular weight is 440 g/mol. The Kier molecular flexibility index (Phi) is 6.08. The molecule has 1 atom stereocenters. The Morgan fingerprint density at radius 2 is 1.90 bits per heavy atom. The largest absolute Gasteiger partial charge is 0.459 e. The summed E-state index contributed by atoms with van der Waals surface area (Å²) in [5.74, 6) is -1.16. The van der Waals surface area contributed by atoms with Crippen LogP contribution in [0.2, 0.25) is 0 Å². The molecule has 9 nitrogen and oxygen atoms in total. The molecule has 0 spiro atoms. The fourth-order valence-electron chi connectivity index (χ4n) is 2.88. The van der Waals surface area contributed by atoms with E-state index in [1.54, 1.807) is 26.0 Å². The predicted molar refractivity (Wildman–Crippen MR) is 108 cm³/mol. The molecule has 1 unspecified atom stereocenters. The zero-order chi connectivity index (χ0) is 21.2. The smallest absolute Gasteiger partial charge is 0.291 e. The molecule has 2 aromatic rings. The fraction of sp³-hybridized carbons (Fsp3) is 0.389. The molecule has 3 amide bonds. The number of furan rings is 1. The number of thiophene rings is 1. The van der Waals surface area contributed by atoms with E-state index in [0.29, 0.717) is 15.4 Å². The topological polar surface area (TPSA) is 126 Å². The molecule has 2 aromatic heterocycles. The van der Waals surface area contributed by atoms with Gasteiger partial charge < -0.3 is 20.0 Å². The first-order valence-electron chi connectivity index (χ1n) is 8.91. The first-order valence-corrected chi connectivity index (χ1v) is 11.6. The number of hydrogen-bond donors (Lipinski definition) is 2. The highest BCUT2D eigenvalue weighted by atomic mass is 32.2. The van der Waals surface area contributed by atoms with Crippen molar-refractivity contribution >= 4 is 43.9 Å². The second-order valence-electron chi connectivity index (χ2n) is 6.73. The van der Waals surface area contributed by atoms with Crippen molar-refractivity contribution < 1.29 is 27.2 Å². The van der Waals surface area contributed by atoms with E-state index in [1.807, 2.05) is 0 Å². The van der Waals surface area contributed by atoms with Crippen molar-refractivity contribution in [3.63, 3.8) is 0 Å². The lowest BCUT2D eigenvalue weighted by Crippen LogP contribution is -2.51. The van der Waals surface area contributed by atoms with E-state index in [1.165, 1.54) is 17.2 Å². The number of carbonyl (C=O) groups excluding carboxylic acids is 3. The summed E-state index contributed by atoms with van der Waals surface area (Å²) in [7, 11) is -3.09. The molecule has 1 aliphatic rings. The lowest BCUT2D eigenvalue weighted by Gasteiger charge is -2.29. The van der Waals surface area contributed by atoms with Crippen molar-refractivity contribution in [1.29, 1.82) is 0 Å². The summed E-state index contributed by atoms with van der Waals surface area (Å²) in [6.07, 6.45) is 1.39. The predicted octanol–water partition coefficient (Wildman–Crippen LogP) is 1.28. The van der Waals surface area contributed by atoms with Gasteiger partial charge in [0, 0.05) is 13.1 Å². The Morgan fingerprint density at radius 3 is 2.52 bits per heavy atom. The van der Waals surface area contributed by atoms with Crippen LogP contribution in [0.3, 0.4) is 0 Å². The molecule has 0 radical (unpaired) electrons. The van der Waals surface area contributed by atoms with E-state index in [0.717, 1.165) is 11.3 Å². The molecule has 0 saturated carbocycles. The highest BCUT2D eigenvalue weighted by molar-refractivity contribution is 7.91. The molecule has 3 heterocycles. The number of amides is 3. The minimum Gasteiger partial charge on any atom is -0.459 e. The molecular formula is C18H21N3O6S2. The standard InChI is InChI=1S/C18H21N3O6S2/c1-11-10-14(20-16(22)13-4-3-7-27-13)28-15(11)17(23)19-12(2)18(24)21-5-8-29(25,26)9-6-21/h3-4,7,10,12H,5-6,8-9H2,1-2H3,(H,19,23)(H,20,22). The van der Waals surface area contributed by atoms with E-state index in [9.17, 15) is 22.8 Å².